The summed E-state index contributed by atoms with van der Waals surface area (Å²) in [7, 11) is 0. The quantitative estimate of drug-likeness (QED) is 0.808. The lowest BCUT2D eigenvalue weighted by Crippen LogP contribution is -2.26. The summed E-state index contributed by atoms with van der Waals surface area (Å²) in [5.41, 5.74) is 1.66. The van der Waals surface area contributed by atoms with Crippen molar-refractivity contribution in [2.24, 2.45) is 4.99 Å². The number of aliphatic imine (C=N–C) groups is 1. The second-order valence-corrected chi connectivity index (χ2v) is 6.07. The fourth-order valence-electron chi connectivity index (χ4n) is 2.48. The minimum Gasteiger partial charge on any atom is -0.330 e. The molecular weight excluding hydrogens is 333 g/mol. The van der Waals surface area contributed by atoms with E-state index in [0.29, 0.717) is 15.7 Å². The van der Waals surface area contributed by atoms with Crippen molar-refractivity contribution >= 4 is 46.4 Å². The van der Waals surface area contributed by atoms with Gasteiger partial charge in [-0.2, -0.15) is 4.99 Å². The Hall–Kier alpha value is -2.04. The zero-order valence-electron chi connectivity index (χ0n) is 12.3. The lowest BCUT2D eigenvalue weighted by atomic mass is 10.3. The number of amidine groups is 1. The Morgan fingerprint density at radius 2 is 1.61 bits per heavy atom. The van der Waals surface area contributed by atoms with Crippen molar-refractivity contribution in [1.29, 1.82) is 0 Å². The first kappa shape index (κ1) is 15.8. The van der Waals surface area contributed by atoms with Crippen LogP contribution in [-0.4, -0.2) is 18.4 Å². The molecule has 2 aromatic carbocycles. The Morgan fingerprint density at radius 1 is 1.00 bits per heavy atom. The fourth-order valence-corrected chi connectivity index (χ4v) is 2.73. The standard InChI is InChI=1S/C17H15Cl2N3O/c18-12-3-7-14(8-4-12)20-17(23)21-16-2-1-11-22(16)15-9-5-13(19)6-10-15/h3-10H,1-2,11H2,(H,20,23). The largest absolute Gasteiger partial charge is 0.347 e. The highest BCUT2D eigenvalue weighted by Crippen LogP contribution is 2.24. The molecule has 1 fully saturated rings. The molecule has 0 radical (unpaired) electrons. The first-order valence-electron chi connectivity index (χ1n) is 7.29. The van der Waals surface area contributed by atoms with Crippen molar-refractivity contribution < 1.29 is 4.79 Å². The van der Waals surface area contributed by atoms with Gasteiger partial charge in [0.15, 0.2) is 0 Å². The monoisotopic (exact) mass is 347 g/mol. The molecule has 2 amide bonds. The molecule has 1 saturated heterocycles. The predicted molar refractivity (Wildman–Crippen MR) is 95.9 cm³/mol. The van der Waals surface area contributed by atoms with Crippen LogP contribution in [-0.2, 0) is 0 Å². The first-order chi connectivity index (χ1) is 11.1. The molecule has 1 aliphatic heterocycles. The second-order valence-electron chi connectivity index (χ2n) is 5.20. The topological polar surface area (TPSA) is 44.7 Å². The smallest absolute Gasteiger partial charge is 0.330 e. The van der Waals surface area contributed by atoms with Gasteiger partial charge in [0.1, 0.15) is 5.84 Å². The van der Waals surface area contributed by atoms with Crippen LogP contribution < -0.4 is 10.2 Å². The maximum Gasteiger partial charge on any atom is 0.347 e. The zero-order valence-corrected chi connectivity index (χ0v) is 13.8. The number of carbonyl (C=O) groups is 1. The van der Waals surface area contributed by atoms with Crippen LogP contribution in [0.15, 0.2) is 53.5 Å². The summed E-state index contributed by atoms with van der Waals surface area (Å²) >= 11 is 11.7. The first-order valence-corrected chi connectivity index (χ1v) is 8.04. The third kappa shape index (κ3) is 4.03. The van der Waals surface area contributed by atoms with Crippen LogP contribution in [0.25, 0.3) is 0 Å². The molecule has 118 valence electrons. The molecule has 3 rings (SSSR count). The molecule has 0 atom stereocenters. The van der Waals surface area contributed by atoms with Gasteiger partial charge in [0.2, 0.25) is 0 Å². The molecule has 23 heavy (non-hydrogen) atoms. The second kappa shape index (κ2) is 7.02. The Balaban J connectivity index is 1.73. The van der Waals surface area contributed by atoms with Crippen molar-refractivity contribution in [2.45, 2.75) is 12.8 Å². The van der Waals surface area contributed by atoms with E-state index in [2.05, 4.69) is 10.3 Å². The number of rotatable bonds is 2. The predicted octanol–water partition coefficient (Wildman–Crippen LogP) is 5.22. The van der Waals surface area contributed by atoms with Crippen LogP contribution >= 0.6 is 23.2 Å². The highest BCUT2D eigenvalue weighted by molar-refractivity contribution is 6.31. The molecule has 0 bridgehead atoms. The van der Waals surface area contributed by atoms with Gasteiger partial charge >= 0.3 is 6.03 Å². The van der Waals surface area contributed by atoms with Crippen molar-refractivity contribution in [1.82, 2.24) is 0 Å². The van der Waals surface area contributed by atoms with Crippen LogP contribution in [0.2, 0.25) is 10.0 Å². The van der Waals surface area contributed by atoms with E-state index in [1.54, 1.807) is 24.3 Å². The average Bonchev–Trinajstić information content (AvgIpc) is 2.98. The number of nitrogens with zero attached hydrogens (tertiary/aromatic N) is 2. The summed E-state index contributed by atoms with van der Waals surface area (Å²) in [6, 6.07) is 14.1. The SMILES string of the molecule is O=C(N=C1CCCN1c1ccc(Cl)cc1)Nc1ccc(Cl)cc1. The van der Waals surface area contributed by atoms with E-state index in [9.17, 15) is 4.79 Å². The van der Waals surface area contributed by atoms with E-state index in [0.717, 1.165) is 30.9 Å². The van der Waals surface area contributed by atoms with Gasteiger partial charge in [-0.05, 0) is 55.0 Å². The van der Waals surface area contributed by atoms with Gasteiger partial charge in [-0.15, -0.1) is 0 Å². The van der Waals surface area contributed by atoms with Crippen LogP contribution in [0.4, 0.5) is 16.2 Å². The number of halogens is 2. The highest BCUT2D eigenvalue weighted by Gasteiger charge is 2.21. The van der Waals surface area contributed by atoms with Gasteiger partial charge in [-0.25, -0.2) is 4.79 Å². The van der Waals surface area contributed by atoms with Gasteiger partial charge in [0.05, 0.1) is 0 Å². The number of nitrogens with one attached hydrogen (secondary N) is 1. The number of anilines is 2. The Morgan fingerprint density at radius 3 is 2.26 bits per heavy atom. The molecular formula is C17H15Cl2N3O. The summed E-state index contributed by atoms with van der Waals surface area (Å²) in [5.74, 6) is 0.763. The van der Waals surface area contributed by atoms with Crippen molar-refractivity contribution in [2.75, 3.05) is 16.8 Å². The molecule has 0 spiro atoms. The van der Waals surface area contributed by atoms with E-state index in [1.807, 2.05) is 29.2 Å². The summed E-state index contributed by atoms with van der Waals surface area (Å²) < 4.78 is 0. The summed E-state index contributed by atoms with van der Waals surface area (Å²) in [6.07, 6.45) is 1.74. The van der Waals surface area contributed by atoms with Gasteiger partial charge in [-0.3, -0.25) is 0 Å². The minimum atomic E-state index is -0.386. The lowest BCUT2D eigenvalue weighted by molar-refractivity contribution is 0.259. The van der Waals surface area contributed by atoms with Gasteiger partial charge < -0.3 is 10.2 Å². The van der Waals surface area contributed by atoms with Crippen LogP contribution in [0.1, 0.15) is 12.8 Å². The molecule has 0 unspecified atom stereocenters. The molecule has 0 saturated carbocycles. The fraction of sp³-hybridized carbons (Fsp3) is 0.176. The Kier molecular flexibility index (Phi) is 4.84. The molecule has 1 heterocycles. The Bertz CT molecular complexity index is 727. The number of amides is 2. The van der Waals surface area contributed by atoms with Gasteiger partial charge in [0, 0.05) is 34.4 Å². The lowest BCUT2D eigenvalue weighted by Gasteiger charge is -2.18. The highest BCUT2D eigenvalue weighted by atomic mass is 35.5. The van der Waals surface area contributed by atoms with Gasteiger partial charge in [-0.1, -0.05) is 23.2 Å². The summed E-state index contributed by atoms with van der Waals surface area (Å²) in [6.45, 7) is 0.842. The number of hydrogen-bond acceptors (Lipinski definition) is 1. The number of benzene rings is 2. The van der Waals surface area contributed by atoms with Crippen molar-refractivity contribution in [3.05, 3.63) is 58.6 Å². The molecule has 0 aromatic heterocycles. The minimum absolute atomic E-state index is 0.386. The van der Waals surface area contributed by atoms with E-state index in [-0.39, 0.29) is 6.03 Å². The number of urea groups is 1. The normalized spacial score (nSPS) is 15.9. The number of carbonyl (C=O) groups excluding carboxylic acids is 1. The third-order valence-corrected chi connectivity index (χ3v) is 4.06. The molecule has 1 N–H and O–H groups in total. The molecule has 1 aliphatic rings. The van der Waals surface area contributed by atoms with E-state index in [1.165, 1.54) is 0 Å². The maximum atomic E-state index is 12.1. The zero-order chi connectivity index (χ0) is 16.2. The molecule has 0 aliphatic carbocycles. The van der Waals surface area contributed by atoms with Crippen LogP contribution in [0, 0.1) is 0 Å². The van der Waals surface area contributed by atoms with Crippen LogP contribution in [0.5, 0.6) is 0 Å². The van der Waals surface area contributed by atoms with Crippen molar-refractivity contribution in [3.63, 3.8) is 0 Å². The van der Waals surface area contributed by atoms with Crippen molar-refractivity contribution in [3.8, 4) is 0 Å². The van der Waals surface area contributed by atoms with Gasteiger partial charge in [0.25, 0.3) is 0 Å². The van der Waals surface area contributed by atoms with E-state index >= 15 is 0 Å². The number of hydrogen-bond donors (Lipinski definition) is 1. The summed E-state index contributed by atoms with van der Waals surface area (Å²) in [4.78, 5) is 18.3. The Labute approximate surface area is 144 Å². The third-order valence-electron chi connectivity index (χ3n) is 3.56. The molecule has 4 nitrogen and oxygen atoms in total. The van der Waals surface area contributed by atoms with Crippen LogP contribution in [0.3, 0.4) is 0 Å². The summed E-state index contributed by atoms with van der Waals surface area (Å²) in [5, 5.41) is 4.06. The maximum absolute atomic E-state index is 12.1. The molecule has 2 aromatic rings. The van der Waals surface area contributed by atoms with E-state index in [4.69, 9.17) is 23.2 Å². The van der Waals surface area contributed by atoms with E-state index < -0.39 is 0 Å². The average molecular weight is 348 g/mol. The molecule has 6 heteroatoms.